The van der Waals surface area contributed by atoms with Gasteiger partial charge in [-0.25, -0.2) is 0 Å². The lowest BCUT2D eigenvalue weighted by atomic mass is 9.84. The number of methoxy groups -OCH3 is 1. The highest BCUT2D eigenvalue weighted by molar-refractivity contribution is 5.96. The number of hydrogen-bond acceptors (Lipinski definition) is 5. The van der Waals surface area contributed by atoms with Crippen LogP contribution in [-0.2, 0) is 4.79 Å². The molecule has 130 valence electrons. The summed E-state index contributed by atoms with van der Waals surface area (Å²) in [5.41, 5.74) is 2.66. The summed E-state index contributed by atoms with van der Waals surface area (Å²) in [7, 11) is 1.61. The molecular weight excluding hydrogens is 322 g/mol. The molecule has 0 bridgehead atoms. The fourth-order valence-electron chi connectivity index (χ4n) is 3.40. The number of carbonyl (C=O) groups excluding carboxylic acids is 1. The first-order valence-corrected chi connectivity index (χ1v) is 8.24. The molecule has 1 N–H and O–H groups in total. The van der Waals surface area contributed by atoms with Crippen molar-refractivity contribution in [3.63, 3.8) is 0 Å². The highest BCUT2D eigenvalue weighted by Crippen LogP contribution is 2.47. The fourth-order valence-corrected chi connectivity index (χ4v) is 3.40. The summed E-state index contributed by atoms with van der Waals surface area (Å²) in [6, 6.07) is 9.51. The largest absolute Gasteiger partial charge is 0.493 e. The van der Waals surface area contributed by atoms with Crippen LogP contribution in [0.4, 0.5) is 5.69 Å². The predicted octanol–water partition coefficient (Wildman–Crippen LogP) is 3.30. The Bertz CT molecular complexity index is 833. The first-order valence-electron chi connectivity index (χ1n) is 8.24. The van der Waals surface area contributed by atoms with E-state index in [4.69, 9.17) is 18.9 Å². The zero-order valence-corrected chi connectivity index (χ0v) is 14.1. The molecule has 1 atom stereocenters. The number of rotatable bonds is 4. The van der Waals surface area contributed by atoms with Gasteiger partial charge in [0, 0.05) is 29.7 Å². The Morgan fingerprint density at radius 1 is 1.20 bits per heavy atom. The summed E-state index contributed by atoms with van der Waals surface area (Å²) in [4.78, 5) is 12.3. The maximum Gasteiger partial charge on any atom is 0.231 e. The van der Waals surface area contributed by atoms with Gasteiger partial charge >= 0.3 is 0 Å². The van der Waals surface area contributed by atoms with Gasteiger partial charge in [0.2, 0.25) is 12.7 Å². The van der Waals surface area contributed by atoms with E-state index in [0.29, 0.717) is 36.0 Å². The Labute approximate surface area is 145 Å². The van der Waals surface area contributed by atoms with Crippen molar-refractivity contribution < 1.29 is 23.7 Å². The molecule has 0 radical (unpaired) electrons. The molecule has 2 aromatic rings. The second-order valence-corrected chi connectivity index (χ2v) is 5.91. The molecule has 0 fully saturated rings. The number of nitrogens with one attached hydrogen (secondary N) is 1. The number of hydrogen-bond donors (Lipinski definition) is 1. The van der Waals surface area contributed by atoms with Crippen LogP contribution in [0.15, 0.2) is 30.3 Å². The summed E-state index contributed by atoms with van der Waals surface area (Å²) in [5, 5.41) is 2.92. The van der Waals surface area contributed by atoms with Gasteiger partial charge in [0.15, 0.2) is 23.0 Å². The van der Waals surface area contributed by atoms with Gasteiger partial charge in [-0.2, -0.15) is 0 Å². The monoisotopic (exact) mass is 341 g/mol. The second-order valence-electron chi connectivity index (χ2n) is 5.91. The number of anilines is 1. The zero-order valence-electron chi connectivity index (χ0n) is 14.1. The van der Waals surface area contributed by atoms with Gasteiger partial charge < -0.3 is 24.3 Å². The van der Waals surface area contributed by atoms with Crippen LogP contribution in [0.3, 0.4) is 0 Å². The molecule has 0 spiro atoms. The van der Waals surface area contributed by atoms with E-state index in [9.17, 15) is 4.79 Å². The summed E-state index contributed by atoms with van der Waals surface area (Å²) in [5.74, 6) is 2.50. The van der Waals surface area contributed by atoms with Crippen molar-refractivity contribution in [3.05, 3.63) is 41.5 Å². The van der Waals surface area contributed by atoms with E-state index in [0.717, 1.165) is 16.8 Å². The van der Waals surface area contributed by atoms with E-state index in [1.807, 2.05) is 37.3 Å². The van der Waals surface area contributed by atoms with Crippen molar-refractivity contribution in [1.29, 1.82) is 0 Å². The lowest BCUT2D eigenvalue weighted by Gasteiger charge is -2.28. The lowest BCUT2D eigenvalue weighted by Crippen LogP contribution is -2.24. The van der Waals surface area contributed by atoms with Gasteiger partial charge in [0.1, 0.15) is 0 Å². The van der Waals surface area contributed by atoms with Crippen molar-refractivity contribution in [2.75, 3.05) is 25.8 Å². The number of benzene rings is 2. The molecule has 2 aliphatic rings. The van der Waals surface area contributed by atoms with E-state index in [-0.39, 0.29) is 18.6 Å². The maximum atomic E-state index is 12.3. The minimum Gasteiger partial charge on any atom is -0.493 e. The quantitative estimate of drug-likeness (QED) is 0.924. The third-order valence-electron chi connectivity index (χ3n) is 4.48. The van der Waals surface area contributed by atoms with Crippen LogP contribution in [0.1, 0.15) is 30.4 Å². The fraction of sp³-hybridized carbons (Fsp3) is 0.316. The Balaban J connectivity index is 1.86. The molecular formula is C19H19NO5. The Morgan fingerprint density at radius 2 is 2.00 bits per heavy atom. The van der Waals surface area contributed by atoms with Crippen molar-refractivity contribution in [3.8, 4) is 23.0 Å². The van der Waals surface area contributed by atoms with Crippen LogP contribution in [0.2, 0.25) is 0 Å². The van der Waals surface area contributed by atoms with E-state index >= 15 is 0 Å². The molecule has 2 aliphatic heterocycles. The Hall–Kier alpha value is -2.89. The van der Waals surface area contributed by atoms with Crippen LogP contribution in [-0.4, -0.2) is 26.4 Å². The minimum absolute atomic E-state index is 0.0402. The standard InChI is InChI=1S/C19H19NO5/c1-3-23-19-11(5-4-6-15(19)22-2)12-8-18(21)20-14-9-17-16(7-13(12)14)24-10-25-17/h4-7,9,12H,3,8,10H2,1-2H3,(H,20,21)/t12-/m0/s1. The minimum atomic E-state index is -0.144. The van der Waals surface area contributed by atoms with Gasteiger partial charge in [-0.3, -0.25) is 4.79 Å². The van der Waals surface area contributed by atoms with Crippen molar-refractivity contribution >= 4 is 11.6 Å². The van der Waals surface area contributed by atoms with E-state index in [1.54, 1.807) is 7.11 Å². The average molecular weight is 341 g/mol. The highest BCUT2D eigenvalue weighted by atomic mass is 16.7. The average Bonchev–Trinajstić information content (AvgIpc) is 3.07. The maximum absolute atomic E-state index is 12.3. The van der Waals surface area contributed by atoms with Gasteiger partial charge in [-0.1, -0.05) is 12.1 Å². The van der Waals surface area contributed by atoms with Gasteiger partial charge in [-0.05, 0) is 24.6 Å². The smallest absolute Gasteiger partial charge is 0.231 e. The molecule has 6 nitrogen and oxygen atoms in total. The van der Waals surface area contributed by atoms with Crippen molar-refractivity contribution in [2.45, 2.75) is 19.3 Å². The second kappa shape index (κ2) is 6.20. The normalized spacial score (nSPS) is 17.7. The van der Waals surface area contributed by atoms with E-state index in [1.165, 1.54) is 0 Å². The molecule has 2 aromatic carbocycles. The van der Waals surface area contributed by atoms with Crippen molar-refractivity contribution in [1.82, 2.24) is 0 Å². The number of ether oxygens (including phenoxy) is 4. The third kappa shape index (κ3) is 2.63. The predicted molar refractivity (Wildman–Crippen MR) is 91.8 cm³/mol. The highest BCUT2D eigenvalue weighted by Gasteiger charge is 2.32. The summed E-state index contributed by atoms with van der Waals surface area (Å²) >= 11 is 0. The Kier molecular flexibility index (Phi) is 3.87. The molecule has 2 heterocycles. The molecule has 0 aliphatic carbocycles. The van der Waals surface area contributed by atoms with E-state index < -0.39 is 0 Å². The molecule has 25 heavy (non-hydrogen) atoms. The molecule has 6 heteroatoms. The zero-order chi connectivity index (χ0) is 17.4. The molecule has 0 saturated carbocycles. The van der Waals surface area contributed by atoms with Gasteiger partial charge in [0.25, 0.3) is 0 Å². The summed E-state index contributed by atoms with van der Waals surface area (Å²) < 4.78 is 22.2. The van der Waals surface area contributed by atoms with Gasteiger partial charge in [-0.15, -0.1) is 0 Å². The number of para-hydroxylation sites is 1. The van der Waals surface area contributed by atoms with Crippen LogP contribution >= 0.6 is 0 Å². The number of amides is 1. The lowest BCUT2D eigenvalue weighted by molar-refractivity contribution is -0.116. The van der Waals surface area contributed by atoms with Crippen molar-refractivity contribution in [2.24, 2.45) is 0 Å². The van der Waals surface area contributed by atoms with Gasteiger partial charge in [0.05, 0.1) is 13.7 Å². The molecule has 1 amide bonds. The SMILES string of the molecule is CCOc1c(OC)cccc1[C@@H]1CC(=O)Nc2cc3c(cc21)OCO3. The molecule has 4 rings (SSSR count). The molecule has 0 aromatic heterocycles. The van der Waals surface area contributed by atoms with Crippen LogP contribution in [0.25, 0.3) is 0 Å². The first-order chi connectivity index (χ1) is 12.2. The number of carbonyl (C=O) groups is 1. The van der Waals surface area contributed by atoms with Crippen LogP contribution in [0, 0.1) is 0 Å². The van der Waals surface area contributed by atoms with E-state index in [2.05, 4.69) is 5.32 Å². The van der Waals surface area contributed by atoms with Crippen LogP contribution in [0.5, 0.6) is 23.0 Å². The van der Waals surface area contributed by atoms with Crippen LogP contribution < -0.4 is 24.3 Å². The number of fused-ring (bicyclic) bond motifs is 2. The first kappa shape index (κ1) is 15.6. The molecule has 0 unspecified atom stereocenters. The summed E-state index contributed by atoms with van der Waals surface area (Å²) in [6.45, 7) is 2.64. The third-order valence-corrected chi connectivity index (χ3v) is 4.48. The Morgan fingerprint density at radius 3 is 2.76 bits per heavy atom. The summed E-state index contributed by atoms with van der Waals surface area (Å²) in [6.07, 6.45) is 0.333. The molecule has 0 saturated heterocycles. The topological polar surface area (TPSA) is 66.0 Å².